The first-order chi connectivity index (χ1) is 15.9. The van der Waals surface area contributed by atoms with Crippen LogP contribution in [0.3, 0.4) is 0 Å². The Bertz CT molecular complexity index is 748. The lowest BCUT2D eigenvalue weighted by atomic mass is 10.1. The number of hydrogen-bond donors (Lipinski definition) is 9. The zero-order valence-electron chi connectivity index (χ0n) is 18.9. The molecule has 0 aromatic heterocycles. The number of carbonyl (C=O) groups is 5. The van der Waals surface area contributed by atoms with Crippen LogP contribution in [0, 0.1) is 0 Å². The molecule has 0 rings (SSSR count). The summed E-state index contributed by atoms with van der Waals surface area (Å²) >= 11 is 1.39. The number of thioether (sulfide) groups is 1. The van der Waals surface area contributed by atoms with Crippen molar-refractivity contribution >= 4 is 47.3 Å². The summed E-state index contributed by atoms with van der Waals surface area (Å²) in [5.41, 5.74) is 21.1. The molecular weight excluding hydrogens is 472 g/mol. The normalized spacial score (nSPS) is 14.1. The molecule has 0 aliphatic rings. The highest BCUT2D eigenvalue weighted by Gasteiger charge is 2.30. The number of aliphatic carboxylic acids is 1. The average Bonchev–Trinajstić information content (AvgIpc) is 2.75. The lowest BCUT2D eigenvalue weighted by molar-refractivity contribution is -0.142. The predicted molar refractivity (Wildman–Crippen MR) is 125 cm³/mol. The predicted octanol–water partition coefficient (Wildman–Crippen LogP) is -4.47. The van der Waals surface area contributed by atoms with E-state index < -0.39 is 66.8 Å². The van der Waals surface area contributed by atoms with E-state index in [2.05, 4.69) is 20.9 Å². The van der Waals surface area contributed by atoms with E-state index in [0.29, 0.717) is 5.75 Å². The minimum absolute atomic E-state index is 0.0168. The van der Waals surface area contributed by atoms with Crippen molar-refractivity contribution in [3.8, 4) is 0 Å². The Morgan fingerprint density at radius 1 is 0.912 bits per heavy atom. The Balaban J connectivity index is 5.33. The molecule has 4 amide bonds. The molecule has 0 aromatic carbocycles. The summed E-state index contributed by atoms with van der Waals surface area (Å²) in [6.45, 7) is -0.697. The van der Waals surface area contributed by atoms with Crippen LogP contribution >= 0.6 is 11.8 Å². The Morgan fingerprint density at radius 2 is 1.47 bits per heavy atom. The third-order valence-electron chi connectivity index (χ3n) is 4.38. The molecule has 15 nitrogen and oxygen atoms in total. The van der Waals surface area contributed by atoms with E-state index in [1.807, 2.05) is 0 Å². The maximum Gasteiger partial charge on any atom is 0.326 e. The van der Waals surface area contributed by atoms with Crippen molar-refractivity contribution in [2.75, 3.05) is 25.2 Å². The van der Waals surface area contributed by atoms with Gasteiger partial charge < -0.3 is 49.1 Å². The number of carboxylic acids is 1. The first kappa shape index (κ1) is 30.9. The van der Waals surface area contributed by atoms with Crippen molar-refractivity contribution in [2.45, 2.75) is 49.9 Å². The molecule has 0 radical (unpaired) electrons. The number of nitrogens with two attached hydrogens (primary N) is 4. The molecular formula is C18H34N8O7S. The smallest absolute Gasteiger partial charge is 0.326 e. The molecule has 0 aliphatic heterocycles. The van der Waals surface area contributed by atoms with Crippen LogP contribution in [-0.2, 0) is 24.0 Å². The number of nitrogens with one attached hydrogen (secondary N) is 3. The summed E-state index contributed by atoms with van der Waals surface area (Å²) in [5, 5.41) is 25.7. The molecule has 0 fully saturated rings. The molecule has 194 valence electrons. The number of hydrogen-bond acceptors (Lipinski definition) is 9. The number of amides is 4. The largest absolute Gasteiger partial charge is 0.480 e. The van der Waals surface area contributed by atoms with Gasteiger partial charge in [0.05, 0.1) is 19.1 Å². The molecule has 13 N–H and O–H groups in total. The van der Waals surface area contributed by atoms with Crippen LogP contribution in [0.1, 0.15) is 25.7 Å². The van der Waals surface area contributed by atoms with Gasteiger partial charge in [-0.05, 0) is 31.3 Å². The van der Waals surface area contributed by atoms with Crippen molar-refractivity contribution in [1.82, 2.24) is 16.0 Å². The van der Waals surface area contributed by atoms with Gasteiger partial charge in [-0.2, -0.15) is 11.8 Å². The van der Waals surface area contributed by atoms with Crippen molar-refractivity contribution < 1.29 is 34.2 Å². The topological polar surface area (TPSA) is 278 Å². The van der Waals surface area contributed by atoms with Gasteiger partial charge >= 0.3 is 5.97 Å². The fourth-order valence-corrected chi connectivity index (χ4v) is 3.06. The molecule has 4 atom stereocenters. The van der Waals surface area contributed by atoms with Crippen LogP contribution in [-0.4, -0.2) is 95.1 Å². The summed E-state index contributed by atoms with van der Waals surface area (Å²) in [4.78, 5) is 63.6. The Kier molecular flexibility index (Phi) is 15.0. The summed E-state index contributed by atoms with van der Waals surface area (Å²) < 4.78 is 0. The van der Waals surface area contributed by atoms with E-state index in [1.165, 1.54) is 11.8 Å². The highest BCUT2D eigenvalue weighted by Crippen LogP contribution is 2.04. The van der Waals surface area contributed by atoms with Gasteiger partial charge in [-0.15, -0.1) is 0 Å². The third kappa shape index (κ3) is 12.8. The number of aliphatic hydroxyl groups excluding tert-OH is 1. The van der Waals surface area contributed by atoms with Gasteiger partial charge in [0.2, 0.25) is 23.6 Å². The lowest BCUT2D eigenvalue weighted by Gasteiger charge is -2.24. The molecule has 34 heavy (non-hydrogen) atoms. The van der Waals surface area contributed by atoms with Gasteiger partial charge in [0, 0.05) is 6.54 Å². The van der Waals surface area contributed by atoms with E-state index in [-0.39, 0.29) is 31.8 Å². The second kappa shape index (κ2) is 16.5. The van der Waals surface area contributed by atoms with Crippen LogP contribution < -0.4 is 38.9 Å². The van der Waals surface area contributed by atoms with Crippen LogP contribution in [0.4, 0.5) is 0 Å². The quantitative estimate of drug-likeness (QED) is 0.0515. The van der Waals surface area contributed by atoms with Crippen LogP contribution in [0.5, 0.6) is 0 Å². The molecule has 0 saturated carbocycles. The summed E-state index contributed by atoms with van der Waals surface area (Å²) in [7, 11) is 0. The van der Waals surface area contributed by atoms with E-state index in [4.69, 9.17) is 22.9 Å². The zero-order chi connectivity index (χ0) is 26.3. The van der Waals surface area contributed by atoms with Crippen molar-refractivity contribution in [1.29, 1.82) is 0 Å². The lowest BCUT2D eigenvalue weighted by Crippen LogP contribution is -2.58. The van der Waals surface area contributed by atoms with Gasteiger partial charge in [-0.3, -0.25) is 24.2 Å². The summed E-state index contributed by atoms with van der Waals surface area (Å²) in [6, 6.07) is -5.24. The average molecular weight is 507 g/mol. The molecule has 0 bridgehead atoms. The summed E-state index contributed by atoms with van der Waals surface area (Å²) in [5.74, 6) is -4.40. The van der Waals surface area contributed by atoms with Gasteiger partial charge in [0.15, 0.2) is 5.96 Å². The first-order valence-electron chi connectivity index (χ1n) is 10.3. The van der Waals surface area contributed by atoms with Crippen LogP contribution in [0.2, 0.25) is 0 Å². The standard InChI is InChI=1S/C18H34N8O7S/c1-34-6-4-11(17(32)33)25-16(31)12(8-27)26-15(30)10(3-2-5-23-18(21)22)24-14(29)9(19)7-13(20)28/h9-12,27H,2-8,19H2,1H3,(H2,20,28)(H,24,29)(H,25,31)(H,26,30)(H,32,33)(H4,21,22,23). The maximum absolute atomic E-state index is 12.8. The maximum atomic E-state index is 12.8. The van der Waals surface area contributed by atoms with E-state index in [0.717, 1.165) is 0 Å². The van der Waals surface area contributed by atoms with Crippen LogP contribution in [0.25, 0.3) is 0 Å². The number of carboxylic acid groups (broad SMARTS) is 1. The van der Waals surface area contributed by atoms with Gasteiger partial charge in [0.25, 0.3) is 0 Å². The highest BCUT2D eigenvalue weighted by molar-refractivity contribution is 7.98. The number of aliphatic hydroxyl groups is 1. The molecule has 4 unspecified atom stereocenters. The summed E-state index contributed by atoms with van der Waals surface area (Å²) in [6.07, 6.45) is 1.71. The molecule has 0 aliphatic carbocycles. The zero-order valence-corrected chi connectivity index (χ0v) is 19.7. The third-order valence-corrected chi connectivity index (χ3v) is 5.02. The van der Waals surface area contributed by atoms with Crippen molar-refractivity contribution in [3.05, 3.63) is 0 Å². The molecule has 0 spiro atoms. The number of nitrogens with zero attached hydrogens (tertiary/aromatic N) is 1. The number of carbonyl (C=O) groups excluding carboxylic acids is 4. The fraction of sp³-hybridized carbons (Fsp3) is 0.667. The molecule has 0 saturated heterocycles. The Morgan fingerprint density at radius 3 is 1.97 bits per heavy atom. The molecule has 0 aromatic rings. The van der Waals surface area contributed by atoms with Gasteiger partial charge in [-0.25, -0.2) is 4.79 Å². The highest BCUT2D eigenvalue weighted by atomic mass is 32.2. The number of guanidine groups is 1. The number of aliphatic imine (C=N–C) groups is 1. The Hall–Kier alpha value is -3.11. The second-order valence-corrected chi connectivity index (χ2v) is 8.20. The Labute approximate surface area is 200 Å². The molecule has 16 heteroatoms. The van der Waals surface area contributed by atoms with E-state index in [1.54, 1.807) is 6.26 Å². The monoisotopic (exact) mass is 506 g/mol. The fourth-order valence-electron chi connectivity index (χ4n) is 2.59. The van der Waals surface area contributed by atoms with E-state index >= 15 is 0 Å². The first-order valence-corrected chi connectivity index (χ1v) is 11.6. The minimum Gasteiger partial charge on any atom is -0.480 e. The van der Waals surface area contributed by atoms with Gasteiger partial charge in [0.1, 0.15) is 18.1 Å². The second-order valence-electron chi connectivity index (χ2n) is 7.21. The van der Waals surface area contributed by atoms with Crippen molar-refractivity contribution in [3.63, 3.8) is 0 Å². The minimum atomic E-state index is -1.49. The van der Waals surface area contributed by atoms with E-state index in [9.17, 15) is 34.2 Å². The number of rotatable bonds is 17. The van der Waals surface area contributed by atoms with Gasteiger partial charge in [-0.1, -0.05) is 0 Å². The number of primary amides is 1. The molecule has 0 heterocycles. The van der Waals surface area contributed by atoms with Crippen molar-refractivity contribution in [2.24, 2.45) is 27.9 Å². The van der Waals surface area contributed by atoms with Crippen LogP contribution in [0.15, 0.2) is 4.99 Å². The SMILES string of the molecule is CSCCC(NC(=O)C(CO)NC(=O)C(CCCN=C(N)N)NC(=O)C(N)CC(N)=O)C(=O)O.